The van der Waals surface area contributed by atoms with E-state index in [4.69, 9.17) is 9.47 Å². The summed E-state index contributed by atoms with van der Waals surface area (Å²) in [7, 11) is 3.34. The first-order valence-electron chi connectivity index (χ1n) is 8.94. The van der Waals surface area contributed by atoms with Crippen LogP contribution in [0.1, 0.15) is 30.5 Å². The van der Waals surface area contributed by atoms with Gasteiger partial charge in [0.2, 0.25) is 0 Å². The van der Waals surface area contributed by atoms with E-state index in [1.54, 1.807) is 19.0 Å². The Hall–Kier alpha value is -2.69. The fraction of sp³-hybridized carbons (Fsp3) is 0.381. The third kappa shape index (κ3) is 4.48. The van der Waals surface area contributed by atoms with Crippen LogP contribution >= 0.6 is 0 Å². The number of carbonyl (C=O) groups excluding carboxylic acids is 1. The molecular formula is C21H28N2O3. The summed E-state index contributed by atoms with van der Waals surface area (Å²) >= 11 is 0. The van der Waals surface area contributed by atoms with Crippen LogP contribution in [0.4, 0.5) is 10.5 Å². The summed E-state index contributed by atoms with van der Waals surface area (Å²) < 4.78 is 11.8. The van der Waals surface area contributed by atoms with Crippen LogP contribution < -0.4 is 19.7 Å². The molecule has 2 aromatic rings. The van der Waals surface area contributed by atoms with Crippen molar-refractivity contribution in [3.8, 4) is 11.5 Å². The van der Waals surface area contributed by atoms with Crippen LogP contribution in [0.3, 0.4) is 0 Å². The predicted octanol–water partition coefficient (Wildman–Crippen LogP) is 4.31. The lowest BCUT2D eigenvalue weighted by atomic mass is 10.1. The molecule has 0 bridgehead atoms. The Kier molecular flexibility index (Phi) is 6.89. The number of benzene rings is 2. The van der Waals surface area contributed by atoms with E-state index in [-0.39, 0.29) is 6.03 Å². The first kappa shape index (κ1) is 19.6. The van der Waals surface area contributed by atoms with Crippen molar-refractivity contribution in [2.24, 2.45) is 0 Å². The first-order chi connectivity index (χ1) is 12.5. The van der Waals surface area contributed by atoms with Gasteiger partial charge in [-0.25, -0.2) is 4.79 Å². The number of hydrogen-bond donors (Lipinski definition) is 1. The Morgan fingerprint density at radius 3 is 2.50 bits per heavy atom. The fourth-order valence-corrected chi connectivity index (χ4v) is 2.82. The second-order valence-electron chi connectivity index (χ2n) is 6.04. The average Bonchev–Trinajstić information content (AvgIpc) is 2.66. The van der Waals surface area contributed by atoms with Crippen molar-refractivity contribution in [2.45, 2.75) is 33.8 Å². The van der Waals surface area contributed by atoms with Crippen molar-refractivity contribution >= 4 is 11.7 Å². The maximum atomic E-state index is 12.1. The van der Waals surface area contributed by atoms with Crippen LogP contribution in [0.15, 0.2) is 36.4 Å². The van der Waals surface area contributed by atoms with Gasteiger partial charge in [0.15, 0.2) is 0 Å². The van der Waals surface area contributed by atoms with Gasteiger partial charge in [-0.2, -0.15) is 0 Å². The van der Waals surface area contributed by atoms with Gasteiger partial charge in [-0.05, 0) is 49.6 Å². The fourth-order valence-electron chi connectivity index (χ4n) is 2.82. The summed E-state index contributed by atoms with van der Waals surface area (Å²) in [5, 5.41) is 2.64. The van der Waals surface area contributed by atoms with Crippen molar-refractivity contribution in [1.29, 1.82) is 0 Å². The van der Waals surface area contributed by atoms with Gasteiger partial charge < -0.3 is 14.8 Å². The van der Waals surface area contributed by atoms with Crippen LogP contribution in [-0.4, -0.2) is 26.7 Å². The molecular weight excluding hydrogens is 328 g/mol. The lowest BCUT2D eigenvalue weighted by Crippen LogP contribution is -2.35. The number of amides is 2. The highest BCUT2D eigenvalue weighted by Gasteiger charge is 2.18. The second kappa shape index (κ2) is 9.13. The third-order valence-corrected chi connectivity index (χ3v) is 4.31. The SMILES string of the molecule is CCOc1cccc(N(C)C(=O)NC)c1COc1ccc(CC)cc1C. The number of aryl methyl sites for hydroxylation is 2. The molecule has 2 rings (SSSR count). The van der Waals surface area contributed by atoms with Crippen LogP contribution in [-0.2, 0) is 13.0 Å². The van der Waals surface area contributed by atoms with E-state index in [1.165, 1.54) is 5.56 Å². The number of carbonyl (C=O) groups is 1. The van der Waals surface area contributed by atoms with Gasteiger partial charge in [0, 0.05) is 14.1 Å². The highest BCUT2D eigenvalue weighted by Crippen LogP contribution is 2.31. The number of anilines is 1. The molecule has 0 heterocycles. The van der Waals surface area contributed by atoms with E-state index < -0.39 is 0 Å². The molecule has 26 heavy (non-hydrogen) atoms. The van der Waals surface area contributed by atoms with E-state index in [9.17, 15) is 4.79 Å². The lowest BCUT2D eigenvalue weighted by molar-refractivity contribution is 0.249. The van der Waals surface area contributed by atoms with Gasteiger partial charge >= 0.3 is 6.03 Å². The Morgan fingerprint density at radius 2 is 1.88 bits per heavy atom. The van der Waals surface area contributed by atoms with Crippen molar-refractivity contribution < 1.29 is 14.3 Å². The van der Waals surface area contributed by atoms with Crippen molar-refractivity contribution in [2.75, 3.05) is 25.6 Å². The number of nitrogens with one attached hydrogen (secondary N) is 1. The molecule has 5 heteroatoms. The van der Waals surface area contributed by atoms with Gasteiger partial charge in [0.1, 0.15) is 18.1 Å². The summed E-state index contributed by atoms with van der Waals surface area (Å²) in [5.74, 6) is 1.56. The number of urea groups is 1. The molecule has 0 aliphatic heterocycles. The van der Waals surface area contributed by atoms with Crippen LogP contribution in [0.25, 0.3) is 0 Å². The summed E-state index contributed by atoms with van der Waals surface area (Å²) in [5.41, 5.74) is 3.99. The van der Waals surface area contributed by atoms with Gasteiger partial charge in [-0.15, -0.1) is 0 Å². The molecule has 140 valence electrons. The molecule has 0 spiro atoms. The Labute approximate surface area is 155 Å². The van der Waals surface area contributed by atoms with Gasteiger partial charge in [0.25, 0.3) is 0 Å². The highest BCUT2D eigenvalue weighted by molar-refractivity contribution is 5.92. The van der Waals surface area contributed by atoms with Crippen molar-refractivity contribution in [3.05, 3.63) is 53.1 Å². The minimum Gasteiger partial charge on any atom is -0.493 e. The monoisotopic (exact) mass is 356 g/mol. The first-order valence-corrected chi connectivity index (χ1v) is 8.94. The minimum atomic E-state index is -0.191. The van der Waals surface area contributed by atoms with E-state index in [2.05, 4.69) is 24.4 Å². The van der Waals surface area contributed by atoms with E-state index in [0.717, 1.165) is 34.7 Å². The third-order valence-electron chi connectivity index (χ3n) is 4.31. The van der Waals surface area contributed by atoms with Crippen molar-refractivity contribution in [3.63, 3.8) is 0 Å². The molecule has 2 aromatic carbocycles. The molecule has 0 aliphatic rings. The van der Waals surface area contributed by atoms with Gasteiger partial charge in [-0.1, -0.05) is 25.1 Å². The summed E-state index contributed by atoms with van der Waals surface area (Å²) in [6, 6.07) is 11.7. The molecule has 0 aromatic heterocycles. The number of rotatable bonds is 7. The molecule has 2 amide bonds. The molecule has 0 fully saturated rings. The largest absolute Gasteiger partial charge is 0.493 e. The standard InChI is InChI=1S/C21H28N2O3/c1-6-16-11-12-19(15(3)13-16)26-14-17-18(23(5)21(24)22-4)9-8-10-20(17)25-7-2/h8-13H,6-7,14H2,1-5H3,(H,22,24). The molecule has 0 unspecified atom stereocenters. The molecule has 0 saturated heterocycles. The molecule has 0 saturated carbocycles. The quantitative estimate of drug-likeness (QED) is 0.804. The van der Waals surface area contributed by atoms with Crippen molar-refractivity contribution in [1.82, 2.24) is 5.32 Å². The zero-order valence-corrected chi connectivity index (χ0v) is 16.3. The number of nitrogens with zero attached hydrogens (tertiary/aromatic N) is 1. The van der Waals surface area contributed by atoms with Gasteiger partial charge in [-0.3, -0.25) is 4.90 Å². The predicted molar refractivity (Wildman–Crippen MR) is 105 cm³/mol. The molecule has 1 N–H and O–H groups in total. The number of ether oxygens (including phenoxy) is 2. The summed E-state index contributed by atoms with van der Waals surface area (Å²) in [6.07, 6.45) is 0.995. The summed E-state index contributed by atoms with van der Waals surface area (Å²) in [4.78, 5) is 13.6. The maximum absolute atomic E-state index is 12.1. The molecule has 0 radical (unpaired) electrons. The Morgan fingerprint density at radius 1 is 1.12 bits per heavy atom. The molecule has 5 nitrogen and oxygen atoms in total. The smallest absolute Gasteiger partial charge is 0.321 e. The zero-order chi connectivity index (χ0) is 19.1. The second-order valence-corrected chi connectivity index (χ2v) is 6.04. The average molecular weight is 356 g/mol. The van der Waals surface area contributed by atoms with Crippen LogP contribution in [0.2, 0.25) is 0 Å². The lowest BCUT2D eigenvalue weighted by Gasteiger charge is -2.23. The zero-order valence-electron chi connectivity index (χ0n) is 16.3. The van der Waals surface area contributed by atoms with E-state index >= 15 is 0 Å². The normalized spacial score (nSPS) is 10.3. The van der Waals surface area contributed by atoms with E-state index in [1.807, 2.05) is 38.1 Å². The minimum absolute atomic E-state index is 0.191. The van der Waals surface area contributed by atoms with Gasteiger partial charge in [0.05, 0.1) is 17.9 Å². The molecule has 0 aliphatic carbocycles. The van der Waals surface area contributed by atoms with Crippen LogP contribution in [0.5, 0.6) is 11.5 Å². The Bertz CT molecular complexity index is 759. The van der Waals surface area contributed by atoms with E-state index in [0.29, 0.717) is 13.2 Å². The topological polar surface area (TPSA) is 50.8 Å². The Balaban J connectivity index is 2.32. The molecule has 0 atom stereocenters. The maximum Gasteiger partial charge on any atom is 0.321 e. The van der Waals surface area contributed by atoms with Crippen LogP contribution in [0, 0.1) is 6.92 Å². The highest BCUT2D eigenvalue weighted by atomic mass is 16.5. The summed E-state index contributed by atoms with van der Waals surface area (Å²) in [6.45, 7) is 6.98. The number of hydrogen-bond acceptors (Lipinski definition) is 3.